The van der Waals surface area contributed by atoms with Gasteiger partial charge in [0.05, 0.1) is 6.42 Å². The van der Waals surface area contributed by atoms with Crippen LogP contribution in [0.15, 0.2) is 23.8 Å². The zero-order chi connectivity index (χ0) is 11.7. The highest BCUT2D eigenvalue weighted by atomic mass is 16.2. The molecule has 3 heteroatoms. The molecule has 1 aromatic carbocycles. The highest BCUT2D eigenvalue weighted by molar-refractivity contribution is 6.15. The molecule has 1 aliphatic heterocycles. The van der Waals surface area contributed by atoms with Gasteiger partial charge in [0.1, 0.15) is 0 Å². The Kier molecular flexibility index (Phi) is 2.60. The van der Waals surface area contributed by atoms with Crippen molar-refractivity contribution in [1.29, 1.82) is 0 Å². The fourth-order valence-electron chi connectivity index (χ4n) is 1.92. The van der Waals surface area contributed by atoms with E-state index in [0.29, 0.717) is 5.57 Å². The number of carbonyl (C=O) groups is 2. The molecule has 16 heavy (non-hydrogen) atoms. The lowest BCUT2D eigenvalue weighted by Gasteiger charge is -2.00. The molecule has 1 N–H and O–H groups in total. The van der Waals surface area contributed by atoms with E-state index in [2.05, 4.69) is 11.4 Å². The van der Waals surface area contributed by atoms with Gasteiger partial charge in [-0.3, -0.25) is 14.9 Å². The lowest BCUT2D eigenvalue weighted by molar-refractivity contribution is -0.124. The van der Waals surface area contributed by atoms with Crippen molar-refractivity contribution in [1.82, 2.24) is 5.32 Å². The first-order valence-electron chi connectivity index (χ1n) is 5.17. The molecule has 1 aromatic rings. The summed E-state index contributed by atoms with van der Waals surface area (Å²) in [5.74, 6) is -0.496. The second-order valence-corrected chi connectivity index (χ2v) is 4.14. The van der Waals surface area contributed by atoms with Crippen LogP contribution in [0.4, 0.5) is 0 Å². The normalized spacial score (nSPS) is 18.0. The van der Waals surface area contributed by atoms with E-state index in [1.54, 1.807) is 6.08 Å². The van der Waals surface area contributed by atoms with E-state index < -0.39 is 0 Å². The van der Waals surface area contributed by atoms with Gasteiger partial charge in [-0.1, -0.05) is 29.3 Å². The minimum absolute atomic E-state index is 0.186. The summed E-state index contributed by atoms with van der Waals surface area (Å²) in [6.07, 6.45) is 1.96. The Bertz CT molecular complexity index is 480. The van der Waals surface area contributed by atoms with E-state index in [1.165, 1.54) is 0 Å². The first-order chi connectivity index (χ1) is 7.54. The largest absolute Gasteiger partial charge is 0.292 e. The Morgan fingerprint density at radius 3 is 2.25 bits per heavy atom. The van der Waals surface area contributed by atoms with Crippen molar-refractivity contribution in [3.63, 3.8) is 0 Å². The van der Waals surface area contributed by atoms with Crippen molar-refractivity contribution >= 4 is 17.9 Å². The lowest BCUT2D eigenvalue weighted by atomic mass is 10.0. The second-order valence-electron chi connectivity index (χ2n) is 4.14. The van der Waals surface area contributed by atoms with Crippen molar-refractivity contribution in [2.45, 2.75) is 20.3 Å². The van der Waals surface area contributed by atoms with Gasteiger partial charge in [0.15, 0.2) is 0 Å². The molecule has 0 spiro atoms. The van der Waals surface area contributed by atoms with Crippen LogP contribution in [-0.4, -0.2) is 11.8 Å². The van der Waals surface area contributed by atoms with Crippen LogP contribution in [0.3, 0.4) is 0 Å². The summed E-state index contributed by atoms with van der Waals surface area (Å²) in [7, 11) is 0. The van der Waals surface area contributed by atoms with E-state index in [9.17, 15) is 9.59 Å². The molecular formula is C13H13NO2. The van der Waals surface area contributed by atoms with Crippen LogP contribution in [0.1, 0.15) is 23.1 Å². The van der Waals surface area contributed by atoms with Crippen LogP contribution in [0.5, 0.6) is 0 Å². The summed E-state index contributed by atoms with van der Waals surface area (Å²) in [6, 6.07) is 6.06. The van der Waals surface area contributed by atoms with Gasteiger partial charge in [0.25, 0.3) is 5.91 Å². The number of hydrogen-bond donors (Lipinski definition) is 1. The van der Waals surface area contributed by atoms with Gasteiger partial charge in [-0.2, -0.15) is 0 Å². The highest BCUT2D eigenvalue weighted by Crippen LogP contribution is 2.17. The van der Waals surface area contributed by atoms with E-state index in [-0.39, 0.29) is 18.2 Å². The number of carbonyl (C=O) groups excluding carboxylic acids is 2. The quantitative estimate of drug-likeness (QED) is 0.573. The van der Waals surface area contributed by atoms with Gasteiger partial charge in [0, 0.05) is 5.57 Å². The van der Waals surface area contributed by atoms with Crippen molar-refractivity contribution in [2.24, 2.45) is 0 Å². The van der Waals surface area contributed by atoms with E-state index in [0.717, 1.165) is 16.7 Å². The van der Waals surface area contributed by atoms with Gasteiger partial charge in [-0.15, -0.1) is 0 Å². The van der Waals surface area contributed by atoms with Gasteiger partial charge < -0.3 is 0 Å². The number of benzene rings is 1. The smallest absolute Gasteiger partial charge is 0.254 e. The van der Waals surface area contributed by atoms with Crippen LogP contribution in [0, 0.1) is 13.8 Å². The number of hydrogen-bond acceptors (Lipinski definition) is 2. The molecule has 1 aliphatic rings. The zero-order valence-corrected chi connectivity index (χ0v) is 9.33. The molecule has 1 saturated heterocycles. The van der Waals surface area contributed by atoms with E-state index in [4.69, 9.17) is 0 Å². The van der Waals surface area contributed by atoms with Gasteiger partial charge in [0.2, 0.25) is 5.91 Å². The second kappa shape index (κ2) is 3.93. The maximum atomic E-state index is 11.4. The Labute approximate surface area is 94.2 Å². The molecule has 0 aliphatic carbocycles. The molecule has 2 amide bonds. The third-order valence-corrected chi connectivity index (χ3v) is 2.48. The number of nitrogens with one attached hydrogen (secondary N) is 1. The molecule has 0 saturated carbocycles. The average Bonchev–Trinajstić information content (AvgIpc) is 2.43. The van der Waals surface area contributed by atoms with Crippen LogP contribution in [-0.2, 0) is 9.59 Å². The molecule has 82 valence electrons. The molecule has 0 bridgehead atoms. The van der Waals surface area contributed by atoms with E-state index in [1.807, 2.05) is 26.0 Å². The Balaban J connectivity index is 2.36. The topological polar surface area (TPSA) is 46.2 Å². The van der Waals surface area contributed by atoms with Crippen molar-refractivity contribution in [3.05, 3.63) is 40.5 Å². The SMILES string of the molecule is Cc1cc(C)cc(C=C2CC(=O)NC2=O)c1. The van der Waals surface area contributed by atoms with Crippen molar-refractivity contribution in [2.75, 3.05) is 0 Å². The Morgan fingerprint density at radius 1 is 1.12 bits per heavy atom. The van der Waals surface area contributed by atoms with Crippen LogP contribution >= 0.6 is 0 Å². The molecular weight excluding hydrogens is 202 g/mol. The maximum absolute atomic E-state index is 11.4. The third kappa shape index (κ3) is 2.19. The number of aryl methyl sites for hydroxylation is 2. The summed E-state index contributed by atoms with van der Waals surface area (Å²) >= 11 is 0. The molecule has 1 fully saturated rings. The average molecular weight is 215 g/mol. The van der Waals surface area contributed by atoms with Crippen molar-refractivity contribution in [3.8, 4) is 0 Å². The third-order valence-electron chi connectivity index (χ3n) is 2.48. The fourth-order valence-corrected chi connectivity index (χ4v) is 1.92. The van der Waals surface area contributed by atoms with Crippen LogP contribution < -0.4 is 5.32 Å². The van der Waals surface area contributed by atoms with E-state index >= 15 is 0 Å². The zero-order valence-electron chi connectivity index (χ0n) is 9.33. The summed E-state index contributed by atoms with van der Waals surface area (Å²) < 4.78 is 0. The van der Waals surface area contributed by atoms with Crippen LogP contribution in [0.2, 0.25) is 0 Å². The monoisotopic (exact) mass is 215 g/mol. The lowest BCUT2D eigenvalue weighted by Crippen LogP contribution is -2.19. The minimum atomic E-state index is -0.274. The first-order valence-corrected chi connectivity index (χ1v) is 5.17. The minimum Gasteiger partial charge on any atom is -0.292 e. The fraction of sp³-hybridized carbons (Fsp3) is 0.231. The summed E-state index contributed by atoms with van der Waals surface area (Å²) in [5.41, 5.74) is 3.81. The molecule has 1 heterocycles. The standard InChI is InChI=1S/C13H13NO2/c1-8-3-9(2)5-10(4-8)6-11-7-12(15)14-13(11)16/h3-6H,7H2,1-2H3,(H,14,15,16). The highest BCUT2D eigenvalue weighted by Gasteiger charge is 2.23. The van der Waals surface area contributed by atoms with Crippen molar-refractivity contribution < 1.29 is 9.59 Å². The number of rotatable bonds is 1. The van der Waals surface area contributed by atoms with Gasteiger partial charge in [-0.05, 0) is 25.5 Å². The van der Waals surface area contributed by atoms with Gasteiger partial charge >= 0.3 is 0 Å². The summed E-state index contributed by atoms with van der Waals surface area (Å²) in [6.45, 7) is 4.02. The molecule has 0 unspecified atom stereocenters. The predicted molar refractivity (Wildman–Crippen MR) is 61.7 cm³/mol. The molecule has 2 rings (SSSR count). The van der Waals surface area contributed by atoms with Gasteiger partial charge in [-0.25, -0.2) is 0 Å². The number of amides is 2. The first kappa shape index (κ1) is 10.6. The summed E-state index contributed by atoms with van der Waals surface area (Å²) in [4.78, 5) is 22.4. The molecule has 0 radical (unpaired) electrons. The summed E-state index contributed by atoms with van der Waals surface area (Å²) in [5, 5.41) is 2.27. The Morgan fingerprint density at radius 2 is 1.75 bits per heavy atom. The van der Waals surface area contributed by atoms with Crippen LogP contribution in [0.25, 0.3) is 6.08 Å². The molecule has 0 atom stereocenters. The molecule has 0 aromatic heterocycles. The maximum Gasteiger partial charge on any atom is 0.254 e. The Hall–Kier alpha value is -1.90. The number of imide groups is 1. The molecule has 3 nitrogen and oxygen atoms in total. The predicted octanol–water partition coefficient (Wildman–Crippen LogP) is 1.73.